The molecule has 0 saturated carbocycles. The largest absolute Gasteiger partial charge is 0.497 e. The summed E-state index contributed by atoms with van der Waals surface area (Å²) in [5.74, 6) is 0.716. The number of benzene rings is 2. The molecule has 0 radical (unpaired) electrons. The van der Waals surface area contributed by atoms with E-state index in [1.807, 2.05) is 30.3 Å². The summed E-state index contributed by atoms with van der Waals surface area (Å²) < 4.78 is 5.12. The van der Waals surface area contributed by atoms with Gasteiger partial charge in [0.1, 0.15) is 5.75 Å². The van der Waals surface area contributed by atoms with Crippen LogP contribution in [0.15, 0.2) is 59.6 Å². The van der Waals surface area contributed by atoms with E-state index in [9.17, 15) is 5.26 Å². The van der Waals surface area contributed by atoms with Crippen LogP contribution in [0.25, 0.3) is 0 Å². The highest BCUT2D eigenvalue weighted by atomic mass is 35.5. The fourth-order valence-corrected chi connectivity index (χ4v) is 2.12. The predicted octanol–water partition coefficient (Wildman–Crippen LogP) is 4.45. The second-order valence-electron chi connectivity index (χ2n) is 4.53. The molecule has 2 aromatic rings. The van der Waals surface area contributed by atoms with E-state index < -0.39 is 4.87 Å². The lowest BCUT2D eigenvalue weighted by molar-refractivity contribution is 0.414. The molecule has 2 rings (SSSR count). The van der Waals surface area contributed by atoms with Crippen molar-refractivity contribution in [2.24, 2.45) is 4.99 Å². The Bertz CT molecular complexity index is 674. The average Bonchev–Trinajstić information content (AvgIpc) is 2.55. The van der Waals surface area contributed by atoms with E-state index >= 15 is 0 Å². The summed E-state index contributed by atoms with van der Waals surface area (Å²) in [6.07, 6.45) is 0. The number of ether oxygens (including phenoxy) is 1. The SMILES string of the molecule is COc1ccc(C(Cl)(C#N)C(C)=Nc2ccccc2)cc1. The minimum absolute atomic E-state index is 0.531. The van der Waals surface area contributed by atoms with Crippen LogP contribution in [0.4, 0.5) is 5.69 Å². The van der Waals surface area contributed by atoms with Crippen LogP contribution in [0.1, 0.15) is 12.5 Å². The summed E-state index contributed by atoms with van der Waals surface area (Å²) in [5, 5.41) is 9.52. The zero-order valence-corrected chi connectivity index (χ0v) is 12.6. The Kier molecular flexibility index (Phi) is 4.62. The summed E-state index contributed by atoms with van der Waals surface area (Å²) in [4.78, 5) is 3.16. The third kappa shape index (κ3) is 3.24. The number of nitrogens with zero attached hydrogens (tertiary/aromatic N) is 2. The molecule has 1 unspecified atom stereocenters. The molecule has 0 heterocycles. The highest BCUT2D eigenvalue weighted by Crippen LogP contribution is 2.32. The number of hydrogen-bond donors (Lipinski definition) is 0. The van der Waals surface area contributed by atoms with Crippen molar-refractivity contribution in [2.45, 2.75) is 11.8 Å². The Morgan fingerprint density at radius 3 is 2.29 bits per heavy atom. The summed E-state index contributed by atoms with van der Waals surface area (Å²) in [7, 11) is 1.59. The van der Waals surface area contributed by atoms with Crippen LogP contribution in [0, 0.1) is 11.3 Å². The minimum atomic E-state index is -1.29. The summed E-state index contributed by atoms with van der Waals surface area (Å²) >= 11 is 6.51. The quantitative estimate of drug-likeness (QED) is 0.618. The molecule has 0 bridgehead atoms. The van der Waals surface area contributed by atoms with Crippen LogP contribution in [0.2, 0.25) is 0 Å². The lowest BCUT2D eigenvalue weighted by Crippen LogP contribution is -2.25. The molecule has 2 aromatic carbocycles. The van der Waals surface area contributed by atoms with Gasteiger partial charge in [0.25, 0.3) is 0 Å². The van der Waals surface area contributed by atoms with Crippen LogP contribution in [-0.4, -0.2) is 12.8 Å². The van der Waals surface area contributed by atoms with Gasteiger partial charge in [0.05, 0.1) is 24.6 Å². The molecule has 0 amide bonds. The van der Waals surface area contributed by atoms with E-state index in [1.54, 1.807) is 38.3 Å². The second kappa shape index (κ2) is 6.43. The fourth-order valence-electron chi connectivity index (χ4n) is 1.95. The molecular formula is C17H15ClN2O. The van der Waals surface area contributed by atoms with Crippen molar-refractivity contribution in [1.82, 2.24) is 0 Å². The number of halogens is 1. The van der Waals surface area contributed by atoms with Crippen LogP contribution in [0.5, 0.6) is 5.75 Å². The molecule has 0 aliphatic heterocycles. The fraction of sp³-hybridized carbons (Fsp3) is 0.176. The van der Waals surface area contributed by atoms with Gasteiger partial charge in [-0.1, -0.05) is 41.9 Å². The monoisotopic (exact) mass is 298 g/mol. The number of para-hydroxylation sites is 1. The van der Waals surface area contributed by atoms with Gasteiger partial charge in [-0.05, 0) is 36.8 Å². The van der Waals surface area contributed by atoms with E-state index in [2.05, 4.69) is 11.1 Å². The third-order valence-electron chi connectivity index (χ3n) is 3.19. The van der Waals surface area contributed by atoms with E-state index in [0.29, 0.717) is 17.0 Å². The first-order chi connectivity index (χ1) is 10.1. The zero-order valence-electron chi connectivity index (χ0n) is 11.9. The van der Waals surface area contributed by atoms with E-state index in [4.69, 9.17) is 16.3 Å². The van der Waals surface area contributed by atoms with Crippen molar-refractivity contribution >= 4 is 23.0 Å². The van der Waals surface area contributed by atoms with Crippen LogP contribution in [-0.2, 0) is 4.87 Å². The molecule has 0 aromatic heterocycles. The number of nitriles is 1. The first-order valence-electron chi connectivity index (χ1n) is 6.45. The molecule has 3 nitrogen and oxygen atoms in total. The van der Waals surface area contributed by atoms with E-state index in [0.717, 1.165) is 5.69 Å². The first-order valence-corrected chi connectivity index (χ1v) is 6.83. The molecular weight excluding hydrogens is 284 g/mol. The maximum atomic E-state index is 9.52. The number of alkyl halides is 1. The standard InChI is InChI=1S/C17H15ClN2O/c1-13(20-15-6-4-3-5-7-15)17(18,12-19)14-8-10-16(21-2)11-9-14/h3-11H,1-2H3. The van der Waals surface area contributed by atoms with Gasteiger partial charge >= 0.3 is 0 Å². The molecule has 1 atom stereocenters. The smallest absolute Gasteiger partial charge is 0.193 e. The summed E-state index contributed by atoms with van der Waals surface area (Å²) in [6, 6.07) is 18.7. The normalized spacial score (nSPS) is 14.1. The van der Waals surface area contributed by atoms with Gasteiger partial charge < -0.3 is 4.74 Å². The van der Waals surface area contributed by atoms with Crippen molar-refractivity contribution in [1.29, 1.82) is 5.26 Å². The lowest BCUT2D eigenvalue weighted by atomic mass is 9.95. The summed E-state index contributed by atoms with van der Waals surface area (Å²) in [5.41, 5.74) is 1.97. The predicted molar refractivity (Wildman–Crippen MR) is 85.3 cm³/mol. The van der Waals surface area contributed by atoms with Crippen molar-refractivity contribution in [3.63, 3.8) is 0 Å². The Morgan fingerprint density at radius 1 is 1.14 bits per heavy atom. The van der Waals surface area contributed by atoms with Gasteiger partial charge in [-0.15, -0.1) is 0 Å². The highest BCUT2D eigenvalue weighted by Gasteiger charge is 2.33. The molecule has 0 saturated heterocycles. The Morgan fingerprint density at radius 2 is 1.76 bits per heavy atom. The van der Waals surface area contributed by atoms with Crippen molar-refractivity contribution in [3.8, 4) is 11.8 Å². The van der Waals surface area contributed by atoms with Crippen LogP contribution in [0.3, 0.4) is 0 Å². The molecule has 0 N–H and O–H groups in total. The van der Waals surface area contributed by atoms with Gasteiger partial charge in [0.15, 0.2) is 4.87 Å². The van der Waals surface area contributed by atoms with Gasteiger partial charge in [-0.25, -0.2) is 0 Å². The maximum Gasteiger partial charge on any atom is 0.193 e. The Balaban J connectivity index is 2.40. The minimum Gasteiger partial charge on any atom is -0.497 e. The highest BCUT2D eigenvalue weighted by molar-refractivity contribution is 6.38. The summed E-state index contributed by atoms with van der Waals surface area (Å²) in [6.45, 7) is 1.76. The van der Waals surface area contributed by atoms with Crippen molar-refractivity contribution in [2.75, 3.05) is 7.11 Å². The van der Waals surface area contributed by atoms with Crippen LogP contribution >= 0.6 is 11.6 Å². The Labute approximate surface area is 129 Å². The zero-order chi connectivity index (χ0) is 15.3. The number of methoxy groups -OCH3 is 1. The van der Waals surface area contributed by atoms with Gasteiger partial charge in [0.2, 0.25) is 0 Å². The average molecular weight is 299 g/mol. The van der Waals surface area contributed by atoms with Crippen molar-refractivity contribution in [3.05, 3.63) is 60.2 Å². The molecule has 21 heavy (non-hydrogen) atoms. The molecule has 4 heteroatoms. The van der Waals surface area contributed by atoms with Crippen LogP contribution < -0.4 is 4.74 Å². The van der Waals surface area contributed by atoms with Gasteiger partial charge in [0, 0.05) is 0 Å². The second-order valence-corrected chi connectivity index (χ2v) is 5.10. The number of rotatable bonds is 4. The molecule has 0 fully saturated rings. The number of aliphatic imine (C=N–C) groups is 1. The number of hydrogen-bond acceptors (Lipinski definition) is 3. The third-order valence-corrected chi connectivity index (χ3v) is 3.77. The first kappa shape index (κ1) is 15.1. The molecule has 0 aliphatic carbocycles. The molecule has 0 spiro atoms. The molecule has 0 aliphatic rings. The van der Waals surface area contributed by atoms with Gasteiger partial charge in [-0.3, -0.25) is 4.99 Å². The van der Waals surface area contributed by atoms with E-state index in [1.165, 1.54) is 0 Å². The Hall–Kier alpha value is -2.31. The van der Waals surface area contributed by atoms with Crippen molar-refractivity contribution < 1.29 is 4.74 Å². The van der Waals surface area contributed by atoms with Gasteiger partial charge in [-0.2, -0.15) is 5.26 Å². The lowest BCUT2D eigenvalue weighted by Gasteiger charge is -2.20. The topological polar surface area (TPSA) is 45.4 Å². The maximum absolute atomic E-state index is 9.52. The molecule has 106 valence electrons. The van der Waals surface area contributed by atoms with E-state index in [-0.39, 0.29) is 0 Å².